The SMILES string of the molecule is C=C(C(=O)OC)C(/C=C(\Cl)c1ccccc1Cl)NS(=O)(=O)c1ccccc1. The molecule has 0 fully saturated rings. The van der Waals surface area contributed by atoms with E-state index in [4.69, 9.17) is 23.2 Å². The molecule has 0 bridgehead atoms. The molecule has 0 saturated heterocycles. The van der Waals surface area contributed by atoms with Crippen molar-refractivity contribution < 1.29 is 17.9 Å². The summed E-state index contributed by atoms with van der Waals surface area (Å²) in [4.78, 5) is 11.9. The van der Waals surface area contributed by atoms with Gasteiger partial charge in [-0.15, -0.1) is 0 Å². The average Bonchev–Trinajstić information content (AvgIpc) is 2.67. The Kier molecular flexibility index (Phi) is 7.21. The van der Waals surface area contributed by atoms with Gasteiger partial charge < -0.3 is 4.74 Å². The first-order valence-corrected chi connectivity index (χ1v) is 9.97. The lowest BCUT2D eigenvalue weighted by Crippen LogP contribution is -2.37. The third-order valence-corrected chi connectivity index (χ3v) is 5.72. The lowest BCUT2D eigenvalue weighted by atomic mass is 10.1. The molecule has 8 heteroatoms. The molecule has 0 amide bonds. The summed E-state index contributed by atoms with van der Waals surface area (Å²) in [7, 11) is -2.76. The maximum atomic E-state index is 12.6. The molecule has 0 aromatic heterocycles. The molecule has 0 radical (unpaired) electrons. The number of sulfonamides is 1. The zero-order valence-electron chi connectivity index (χ0n) is 14.4. The van der Waals surface area contributed by atoms with Crippen molar-refractivity contribution in [1.82, 2.24) is 4.72 Å². The van der Waals surface area contributed by atoms with Crippen LogP contribution in [0.4, 0.5) is 0 Å². The summed E-state index contributed by atoms with van der Waals surface area (Å²) in [5.41, 5.74) is 0.365. The average molecular weight is 426 g/mol. The number of ether oxygens (including phenoxy) is 1. The fourth-order valence-electron chi connectivity index (χ4n) is 2.19. The molecule has 0 spiro atoms. The highest BCUT2D eigenvalue weighted by molar-refractivity contribution is 7.89. The van der Waals surface area contributed by atoms with Crippen molar-refractivity contribution in [2.24, 2.45) is 0 Å². The van der Waals surface area contributed by atoms with Crippen LogP contribution in [0.1, 0.15) is 5.56 Å². The van der Waals surface area contributed by atoms with Crippen LogP contribution >= 0.6 is 23.2 Å². The highest BCUT2D eigenvalue weighted by Crippen LogP contribution is 2.28. The van der Waals surface area contributed by atoms with Crippen molar-refractivity contribution in [2.45, 2.75) is 10.9 Å². The number of hydrogen-bond acceptors (Lipinski definition) is 4. The third kappa shape index (κ3) is 5.43. The predicted molar refractivity (Wildman–Crippen MR) is 107 cm³/mol. The van der Waals surface area contributed by atoms with Gasteiger partial charge in [0.05, 0.1) is 23.6 Å². The quantitative estimate of drug-likeness (QED) is 0.537. The van der Waals surface area contributed by atoms with Crippen molar-refractivity contribution in [1.29, 1.82) is 0 Å². The van der Waals surface area contributed by atoms with Crippen molar-refractivity contribution >= 4 is 44.2 Å². The Morgan fingerprint density at radius 3 is 2.33 bits per heavy atom. The third-order valence-electron chi connectivity index (χ3n) is 3.60. The van der Waals surface area contributed by atoms with E-state index in [0.717, 1.165) is 0 Å². The minimum absolute atomic E-state index is 0.0370. The maximum absolute atomic E-state index is 12.6. The van der Waals surface area contributed by atoms with Gasteiger partial charge in [-0.05, 0) is 24.3 Å². The summed E-state index contributed by atoms with van der Waals surface area (Å²) in [6.07, 6.45) is 1.35. The lowest BCUT2D eigenvalue weighted by Gasteiger charge is -2.17. The van der Waals surface area contributed by atoms with Crippen LogP contribution < -0.4 is 4.72 Å². The van der Waals surface area contributed by atoms with E-state index in [1.165, 1.54) is 25.3 Å². The molecule has 27 heavy (non-hydrogen) atoms. The molecule has 1 unspecified atom stereocenters. The zero-order chi connectivity index (χ0) is 20.0. The van der Waals surface area contributed by atoms with Crippen LogP contribution in [0.15, 0.2) is 77.7 Å². The molecule has 0 aliphatic heterocycles. The lowest BCUT2D eigenvalue weighted by molar-refractivity contribution is -0.136. The van der Waals surface area contributed by atoms with Gasteiger partial charge in [-0.2, -0.15) is 4.72 Å². The highest BCUT2D eigenvalue weighted by atomic mass is 35.5. The summed E-state index contributed by atoms with van der Waals surface area (Å²) in [5, 5.41) is 0.540. The van der Waals surface area contributed by atoms with E-state index in [-0.39, 0.29) is 15.5 Å². The first-order chi connectivity index (χ1) is 12.8. The van der Waals surface area contributed by atoms with Crippen LogP contribution in [0, 0.1) is 0 Å². The zero-order valence-corrected chi connectivity index (χ0v) is 16.7. The number of nitrogens with one attached hydrogen (secondary N) is 1. The van der Waals surface area contributed by atoms with Crippen LogP contribution in [0.3, 0.4) is 0 Å². The Bertz CT molecular complexity index is 972. The number of benzene rings is 2. The molecule has 1 N–H and O–H groups in total. The second-order valence-corrected chi connectivity index (χ2v) is 7.95. The normalized spacial score (nSPS) is 13.1. The molecule has 0 aliphatic rings. The van der Waals surface area contributed by atoms with Gasteiger partial charge >= 0.3 is 5.97 Å². The molecular formula is C19H17Cl2NO4S. The molecule has 0 aliphatic carbocycles. The van der Waals surface area contributed by atoms with E-state index in [1.807, 2.05) is 0 Å². The second kappa shape index (κ2) is 9.19. The Morgan fingerprint density at radius 1 is 1.15 bits per heavy atom. The van der Waals surface area contributed by atoms with E-state index >= 15 is 0 Å². The predicted octanol–water partition coefficient (Wildman–Crippen LogP) is 4.00. The Labute approximate surface area is 168 Å². The molecule has 2 aromatic carbocycles. The summed E-state index contributed by atoms with van der Waals surface area (Å²) in [6.45, 7) is 3.64. The molecule has 142 valence electrons. The fraction of sp³-hybridized carbons (Fsp3) is 0.105. The van der Waals surface area contributed by atoms with E-state index < -0.39 is 22.0 Å². The molecule has 2 rings (SSSR count). The van der Waals surface area contributed by atoms with Gasteiger partial charge in [0.15, 0.2) is 0 Å². The smallest absolute Gasteiger partial charge is 0.335 e. The number of halogens is 2. The Morgan fingerprint density at radius 2 is 1.74 bits per heavy atom. The van der Waals surface area contributed by atoms with Crippen molar-refractivity contribution in [3.63, 3.8) is 0 Å². The number of carbonyl (C=O) groups is 1. The number of esters is 1. The van der Waals surface area contributed by atoms with E-state index in [1.54, 1.807) is 42.5 Å². The largest absolute Gasteiger partial charge is 0.466 e. The maximum Gasteiger partial charge on any atom is 0.335 e. The van der Waals surface area contributed by atoms with Gasteiger partial charge in [-0.1, -0.05) is 66.2 Å². The van der Waals surface area contributed by atoms with E-state index in [0.29, 0.717) is 10.6 Å². The van der Waals surface area contributed by atoms with Crippen molar-refractivity contribution in [2.75, 3.05) is 7.11 Å². The first-order valence-electron chi connectivity index (χ1n) is 7.73. The number of carbonyl (C=O) groups excluding carboxylic acids is 1. The van der Waals surface area contributed by atoms with Crippen molar-refractivity contribution in [3.05, 3.63) is 83.4 Å². The van der Waals surface area contributed by atoms with Crippen LogP contribution in [0.25, 0.3) is 5.03 Å². The van der Waals surface area contributed by atoms with Crippen LogP contribution in [0.2, 0.25) is 5.02 Å². The van der Waals surface area contributed by atoms with Gasteiger partial charge in [0, 0.05) is 15.6 Å². The second-order valence-electron chi connectivity index (χ2n) is 5.42. The van der Waals surface area contributed by atoms with Crippen LogP contribution in [-0.2, 0) is 19.6 Å². The monoisotopic (exact) mass is 425 g/mol. The molecule has 0 saturated carbocycles. The van der Waals surface area contributed by atoms with Gasteiger partial charge in [-0.25, -0.2) is 13.2 Å². The fourth-order valence-corrected chi connectivity index (χ4v) is 3.96. The minimum Gasteiger partial charge on any atom is -0.466 e. The Balaban J connectivity index is 2.43. The minimum atomic E-state index is -3.94. The summed E-state index contributed by atoms with van der Waals surface area (Å²) >= 11 is 12.4. The van der Waals surface area contributed by atoms with Gasteiger partial charge in [-0.3, -0.25) is 0 Å². The van der Waals surface area contributed by atoms with Crippen molar-refractivity contribution in [3.8, 4) is 0 Å². The topological polar surface area (TPSA) is 72.5 Å². The highest BCUT2D eigenvalue weighted by Gasteiger charge is 2.25. The first kappa shape index (κ1) is 21.2. The van der Waals surface area contributed by atoms with Gasteiger partial charge in [0.1, 0.15) is 0 Å². The van der Waals surface area contributed by atoms with Gasteiger partial charge in [0.2, 0.25) is 10.0 Å². The standard InChI is InChI=1S/C19H17Cl2NO4S/c1-13(19(23)26-2)18(12-17(21)15-10-6-7-11-16(15)20)22-27(24,25)14-8-4-3-5-9-14/h3-12,18,22H,1H2,2H3/b17-12-. The van der Waals surface area contributed by atoms with Gasteiger partial charge in [0.25, 0.3) is 0 Å². The van der Waals surface area contributed by atoms with E-state index in [9.17, 15) is 13.2 Å². The van der Waals surface area contributed by atoms with Crippen LogP contribution in [0.5, 0.6) is 0 Å². The molecular weight excluding hydrogens is 409 g/mol. The summed E-state index contributed by atoms with van der Waals surface area (Å²) in [5.74, 6) is -0.768. The molecule has 0 heterocycles. The van der Waals surface area contributed by atoms with E-state index in [2.05, 4.69) is 16.0 Å². The molecule has 2 aromatic rings. The molecule has 1 atom stereocenters. The summed E-state index contributed by atoms with van der Waals surface area (Å²) < 4.78 is 32.3. The number of methoxy groups -OCH3 is 1. The molecule has 5 nitrogen and oxygen atoms in total. The number of rotatable bonds is 7. The number of hydrogen-bond donors (Lipinski definition) is 1. The summed E-state index contributed by atoms with van der Waals surface area (Å²) in [6, 6.07) is 13.4. The van der Waals surface area contributed by atoms with Crippen LogP contribution in [-0.4, -0.2) is 27.5 Å². The Hall–Kier alpha value is -2.12.